The molecule has 0 heterocycles. The molecule has 2 aromatic rings. The Labute approximate surface area is 234 Å². The van der Waals surface area contributed by atoms with Crippen LogP contribution in [0.1, 0.15) is 89.1 Å². The molecule has 39 heavy (non-hydrogen) atoms. The molecule has 0 spiro atoms. The summed E-state index contributed by atoms with van der Waals surface area (Å²) in [7, 11) is 0. The molecule has 2 rings (SSSR count). The molecule has 2 aromatic carbocycles. The van der Waals surface area contributed by atoms with Crippen molar-refractivity contribution < 1.29 is 19.1 Å². The van der Waals surface area contributed by atoms with Gasteiger partial charge in [0, 0.05) is 13.1 Å². The van der Waals surface area contributed by atoms with Gasteiger partial charge in [0.05, 0.1) is 0 Å². The van der Waals surface area contributed by atoms with Crippen LogP contribution in [0.4, 0.5) is 4.79 Å². The summed E-state index contributed by atoms with van der Waals surface area (Å²) in [6.07, 6.45) is 1.98. The van der Waals surface area contributed by atoms with Gasteiger partial charge in [-0.3, -0.25) is 9.59 Å². The molecule has 0 radical (unpaired) electrons. The van der Waals surface area contributed by atoms with Crippen LogP contribution in [0.25, 0.3) is 0 Å². The van der Waals surface area contributed by atoms with Crippen LogP contribution in [0.3, 0.4) is 0 Å². The van der Waals surface area contributed by atoms with E-state index in [1.807, 2.05) is 76.2 Å². The molecule has 0 aliphatic rings. The normalized spacial score (nSPS) is 12.9. The third-order valence-corrected chi connectivity index (χ3v) is 6.32. The lowest BCUT2D eigenvalue weighted by Crippen LogP contribution is -2.55. The third kappa shape index (κ3) is 10.4. The molecular weight excluding hydrogens is 490 g/mol. The first-order valence-corrected chi connectivity index (χ1v) is 14.0. The zero-order valence-corrected chi connectivity index (χ0v) is 25.0. The number of carbonyl (C=O) groups excluding carboxylic acids is 3. The van der Waals surface area contributed by atoms with Crippen molar-refractivity contribution in [2.75, 3.05) is 6.54 Å². The molecule has 0 fully saturated rings. The van der Waals surface area contributed by atoms with Crippen molar-refractivity contribution in [3.05, 3.63) is 70.8 Å². The van der Waals surface area contributed by atoms with Gasteiger partial charge in [-0.05, 0) is 58.1 Å². The van der Waals surface area contributed by atoms with Gasteiger partial charge in [-0.1, -0.05) is 93.3 Å². The number of nitrogens with one attached hydrogen (secondary N) is 2. The first-order chi connectivity index (χ1) is 18.3. The highest BCUT2D eigenvalue weighted by atomic mass is 16.6. The van der Waals surface area contributed by atoms with Crippen LogP contribution >= 0.6 is 0 Å². The van der Waals surface area contributed by atoms with Crippen LogP contribution in [0.5, 0.6) is 0 Å². The van der Waals surface area contributed by atoms with E-state index < -0.39 is 23.8 Å². The number of rotatable bonds is 12. The summed E-state index contributed by atoms with van der Waals surface area (Å²) in [4.78, 5) is 42.5. The van der Waals surface area contributed by atoms with Gasteiger partial charge in [0.15, 0.2) is 0 Å². The van der Waals surface area contributed by atoms with E-state index in [1.54, 1.807) is 25.7 Å². The molecule has 2 N–H and O–H groups in total. The Balaban J connectivity index is 2.50. The van der Waals surface area contributed by atoms with Crippen molar-refractivity contribution in [1.82, 2.24) is 15.5 Å². The van der Waals surface area contributed by atoms with Crippen molar-refractivity contribution in [3.63, 3.8) is 0 Å². The number of hydrogen-bond acceptors (Lipinski definition) is 4. The van der Waals surface area contributed by atoms with E-state index in [-0.39, 0.29) is 17.7 Å². The molecule has 0 aromatic heterocycles. The molecule has 7 nitrogen and oxygen atoms in total. The monoisotopic (exact) mass is 537 g/mol. The number of hydrogen-bond donors (Lipinski definition) is 2. The maximum Gasteiger partial charge on any atom is 0.408 e. The largest absolute Gasteiger partial charge is 0.444 e. The summed E-state index contributed by atoms with van der Waals surface area (Å²) in [5.41, 5.74) is 3.05. The topological polar surface area (TPSA) is 87.7 Å². The van der Waals surface area contributed by atoms with Crippen LogP contribution in [-0.2, 0) is 20.9 Å². The van der Waals surface area contributed by atoms with Gasteiger partial charge in [0.25, 0.3) is 0 Å². The first kappa shape index (κ1) is 31.9. The molecule has 3 amide bonds. The molecule has 7 heteroatoms. The average molecular weight is 538 g/mol. The van der Waals surface area contributed by atoms with Crippen LogP contribution < -0.4 is 10.6 Å². The molecule has 214 valence electrons. The van der Waals surface area contributed by atoms with E-state index in [9.17, 15) is 14.4 Å². The Kier molecular flexibility index (Phi) is 12.0. The summed E-state index contributed by atoms with van der Waals surface area (Å²) in [6.45, 7) is 15.9. The second-order valence-electron chi connectivity index (χ2n) is 11.6. The molecule has 0 bridgehead atoms. The highest BCUT2D eigenvalue weighted by molar-refractivity contribution is 5.92. The Morgan fingerprint density at radius 1 is 0.949 bits per heavy atom. The van der Waals surface area contributed by atoms with Gasteiger partial charge in [-0.15, -0.1) is 0 Å². The van der Waals surface area contributed by atoms with E-state index >= 15 is 0 Å². The van der Waals surface area contributed by atoms with Crippen molar-refractivity contribution in [3.8, 4) is 0 Å². The van der Waals surface area contributed by atoms with Crippen LogP contribution in [0, 0.1) is 19.8 Å². The van der Waals surface area contributed by atoms with Gasteiger partial charge in [0.2, 0.25) is 11.8 Å². The van der Waals surface area contributed by atoms with Gasteiger partial charge in [-0.25, -0.2) is 4.79 Å². The highest BCUT2D eigenvalue weighted by Gasteiger charge is 2.37. The van der Waals surface area contributed by atoms with E-state index in [1.165, 1.54) is 0 Å². The lowest BCUT2D eigenvalue weighted by Gasteiger charge is -2.36. The number of unbranched alkanes of at least 4 members (excludes halogenated alkanes) is 2. The van der Waals surface area contributed by atoms with Crippen LogP contribution in [0.15, 0.2) is 48.5 Å². The van der Waals surface area contributed by atoms with E-state index in [0.717, 1.165) is 41.5 Å². The second-order valence-corrected chi connectivity index (χ2v) is 11.6. The maximum absolute atomic E-state index is 14.2. The average Bonchev–Trinajstić information content (AvgIpc) is 2.84. The minimum absolute atomic E-state index is 0.217. The van der Waals surface area contributed by atoms with Gasteiger partial charge in [-0.2, -0.15) is 0 Å². The number of alkyl carbamates (subject to hydrolysis) is 1. The zero-order chi connectivity index (χ0) is 29.2. The summed E-state index contributed by atoms with van der Waals surface area (Å²) in [5, 5.41) is 5.84. The van der Waals surface area contributed by atoms with Crippen LogP contribution in [-0.4, -0.2) is 41.0 Å². The Hall–Kier alpha value is -3.35. The van der Waals surface area contributed by atoms with Crippen molar-refractivity contribution in [2.24, 2.45) is 5.92 Å². The fourth-order valence-electron chi connectivity index (χ4n) is 4.55. The van der Waals surface area contributed by atoms with E-state index in [0.29, 0.717) is 13.1 Å². The van der Waals surface area contributed by atoms with Gasteiger partial charge >= 0.3 is 6.09 Å². The number of ether oxygens (including phenoxy) is 1. The summed E-state index contributed by atoms with van der Waals surface area (Å²) < 4.78 is 5.46. The van der Waals surface area contributed by atoms with Crippen molar-refractivity contribution >= 4 is 17.9 Å². The fraction of sp³-hybridized carbons (Fsp3) is 0.531. The second kappa shape index (κ2) is 14.7. The molecule has 0 saturated heterocycles. The molecule has 0 aliphatic carbocycles. The quantitative estimate of drug-likeness (QED) is 0.314. The number of aryl methyl sites for hydroxylation is 2. The molecule has 2 atom stereocenters. The van der Waals surface area contributed by atoms with Crippen LogP contribution in [0.2, 0.25) is 0 Å². The smallest absolute Gasteiger partial charge is 0.408 e. The number of amides is 3. The number of carbonyl (C=O) groups is 3. The Bertz CT molecular complexity index is 1070. The maximum atomic E-state index is 14.2. The fourth-order valence-corrected chi connectivity index (χ4v) is 4.55. The van der Waals surface area contributed by atoms with Gasteiger partial charge < -0.3 is 20.3 Å². The molecular formula is C32H47N3O4. The summed E-state index contributed by atoms with van der Waals surface area (Å²) in [5.74, 6) is -0.773. The predicted octanol–water partition coefficient (Wildman–Crippen LogP) is 6.23. The number of benzene rings is 2. The predicted molar refractivity (Wildman–Crippen MR) is 156 cm³/mol. The minimum atomic E-state index is -0.850. The highest BCUT2D eigenvalue weighted by Crippen LogP contribution is 2.27. The lowest BCUT2D eigenvalue weighted by molar-refractivity contribution is -0.143. The molecule has 2 unspecified atom stereocenters. The molecule has 0 aliphatic heterocycles. The lowest BCUT2D eigenvalue weighted by atomic mass is 9.96. The van der Waals surface area contributed by atoms with Crippen molar-refractivity contribution in [1.29, 1.82) is 0 Å². The zero-order valence-electron chi connectivity index (χ0n) is 25.0. The Morgan fingerprint density at radius 3 is 2.10 bits per heavy atom. The minimum Gasteiger partial charge on any atom is -0.444 e. The Morgan fingerprint density at radius 2 is 1.56 bits per heavy atom. The van der Waals surface area contributed by atoms with Gasteiger partial charge in [0.1, 0.15) is 17.7 Å². The SMILES string of the molecule is CCCCCN(C(=O)C(NC(=O)OC(C)(C)C)C(C)C)C(C(=O)NCc1ccccc1)c1cc(C)cc(C)c1. The van der Waals surface area contributed by atoms with Crippen molar-refractivity contribution in [2.45, 2.75) is 98.9 Å². The third-order valence-electron chi connectivity index (χ3n) is 6.32. The summed E-state index contributed by atoms with van der Waals surface area (Å²) >= 11 is 0. The number of nitrogens with zero attached hydrogens (tertiary/aromatic N) is 1. The first-order valence-electron chi connectivity index (χ1n) is 14.0. The molecule has 0 saturated carbocycles. The van der Waals surface area contributed by atoms with E-state index in [2.05, 4.69) is 17.6 Å². The summed E-state index contributed by atoms with van der Waals surface area (Å²) in [6, 6.07) is 14.0. The van der Waals surface area contributed by atoms with E-state index in [4.69, 9.17) is 4.74 Å². The standard InChI is InChI=1S/C32H47N3O4/c1-9-10-14-17-35(30(37)27(22(2)3)34-31(38)39-32(6,7)8)28(26-19-23(4)18-24(5)20-26)29(36)33-21-25-15-12-11-13-16-25/h11-13,15-16,18-20,22,27-28H,9-10,14,17,21H2,1-8H3,(H,33,36)(H,34,38).